The van der Waals surface area contributed by atoms with Gasteiger partial charge in [0.25, 0.3) is 0 Å². The molecule has 1 aromatic carbocycles. The Hall–Kier alpha value is -1.14. The zero-order valence-electron chi connectivity index (χ0n) is 14.7. The Morgan fingerprint density at radius 1 is 1.21 bits per heavy atom. The van der Waals surface area contributed by atoms with Crippen molar-refractivity contribution in [2.75, 3.05) is 32.8 Å². The van der Waals surface area contributed by atoms with E-state index in [2.05, 4.69) is 31.6 Å². The average Bonchev–Trinajstić information content (AvgIpc) is 2.56. The lowest BCUT2D eigenvalue weighted by atomic mass is 10.1. The molecule has 1 rings (SSSR count). The zero-order chi connectivity index (χ0) is 17.6. The van der Waals surface area contributed by atoms with Gasteiger partial charge in [0.2, 0.25) is 0 Å². The van der Waals surface area contributed by atoms with E-state index in [9.17, 15) is 4.39 Å². The van der Waals surface area contributed by atoms with Gasteiger partial charge >= 0.3 is 0 Å². The summed E-state index contributed by atoms with van der Waals surface area (Å²) >= 11 is 3.27. The van der Waals surface area contributed by atoms with Crippen LogP contribution in [0.2, 0.25) is 0 Å². The minimum Gasteiger partial charge on any atom is -0.382 e. The predicted octanol–water partition coefficient (Wildman–Crippen LogP) is 3.89. The number of rotatable bonds is 11. The van der Waals surface area contributed by atoms with Crippen LogP contribution in [0.4, 0.5) is 4.39 Å². The summed E-state index contributed by atoms with van der Waals surface area (Å²) in [6.45, 7) is 8.01. The number of aliphatic imine (C=N–C) groups is 1. The first-order valence-electron chi connectivity index (χ1n) is 8.71. The quantitative estimate of drug-likeness (QED) is 0.335. The molecule has 0 aromatic heterocycles. The molecule has 0 bridgehead atoms. The smallest absolute Gasteiger partial charge is 0.191 e. The van der Waals surface area contributed by atoms with Crippen LogP contribution in [-0.2, 0) is 11.2 Å². The molecule has 0 aliphatic rings. The lowest BCUT2D eigenvalue weighted by Crippen LogP contribution is -2.38. The number of ether oxygens (including phenoxy) is 1. The second kappa shape index (κ2) is 13.2. The molecule has 0 radical (unpaired) electrons. The summed E-state index contributed by atoms with van der Waals surface area (Å²) in [5, 5.41) is 6.55. The van der Waals surface area contributed by atoms with Crippen LogP contribution < -0.4 is 10.6 Å². The van der Waals surface area contributed by atoms with Crippen LogP contribution >= 0.6 is 15.9 Å². The molecular formula is C18H29BrFN3O. The van der Waals surface area contributed by atoms with Crippen molar-refractivity contribution >= 4 is 21.9 Å². The molecule has 0 saturated heterocycles. The van der Waals surface area contributed by atoms with E-state index in [0.717, 1.165) is 61.6 Å². The lowest BCUT2D eigenvalue weighted by molar-refractivity contribution is 0.143. The van der Waals surface area contributed by atoms with Crippen molar-refractivity contribution in [3.8, 4) is 0 Å². The summed E-state index contributed by atoms with van der Waals surface area (Å²) in [5.74, 6) is 0.665. The summed E-state index contributed by atoms with van der Waals surface area (Å²) in [6.07, 6.45) is 3.60. The normalized spacial score (nSPS) is 11.6. The fraction of sp³-hybridized carbons (Fsp3) is 0.611. The molecule has 0 fully saturated rings. The molecule has 24 heavy (non-hydrogen) atoms. The molecule has 0 spiro atoms. The Morgan fingerprint density at radius 2 is 2.04 bits per heavy atom. The van der Waals surface area contributed by atoms with Crippen molar-refractivity contribution in [2.45, 2.75) is 39.5 Å². The maximum atomic E-state index is 13.8. The van der Waals surface area contributed by atoms with E-state index >= 15 is 0 Å². The molecule has 0 atom stereocenters. The zero-order valence-corrected chi connectivity index (χ0v) is 16.3. The second-order valence-electron chi connectivity index (χ2n) is 5.43. The van der Waals surface area contributed by atoms with Gasteiger partial charge in [0.05, 0.1) is 0 Å². The Labute approximate surface area is 153 Å². The van der Waals surface area contributed by atoms with Crippen LogP contribution in [-0.4, -0.2) is 38.8 Å². The molecule has 4 nitrogen and oxygen atoms in total. The van der Waals surface area contributed by atoms with Gasteiger partial charge in [-0.3, -0.25) is 4.99 Å². The maximum Gasteiger partial charge on any atom is 0.191 e. The van der Waals surface area contributed by atoms with Crippen LogP contribution in [0.5, 0.6) is 0 Å². The third-order valence-electron chi connectivity index (χ3n) is 3.45. The number of nitrogens with zero attached hydrogens (tertiary/aromatic N) is 1. The van der Waals surface area contributed by atoms with Gasteiger partial charge in [-0.05, 0) is 57.2 Å². The van der Waals surface area contributed by atoms with Crippen LogP contribution in [0.15, 0.2) is 27.7 Å². The highest BCUT2D eigenvalue weighted by atomic mass is 79.9. The summed E-state index contributed by atoms with van der Waals surface area (Å²) in [7, 11) is 0. The molecule has 0 saturated carbocycles. The number of hydrogen-bond acceptors (Lipinski definition) is 2. The van der Waals surface area contributed by atoms with Gasteiger partial charge in [0.1, 0.15) is 5.82 Å². The van der Waals surface area contributed by atoms with Gasteiger partial charge in [-0.1, -0.05) is 22.0 Å². The van der Waals surface area contributed by atoms with Crippen molar-refractivity contribution in [1.82, 2.24) is 10.6 Å². The number of benzene rings is 1. The van der Waals surface area contributed by atoms with Gasteiger partial charge in [0, 0.05) is 37.3 Å². The SMILES string of the molecule is CCNC(=NCCCc1ccc(Br)cc1F)NCCCCOCC. The fourth-order valence-corrected chi connectivity index (χ4v) is 2.54. The lowest BCUT2D eigenvalue weighted by Gasteiger charge is -2.11. The number of guanidine groups is 1. The highest BCUT2D eigenvalue weighted by Crippen LogP contribution is 2.16. The number of aryl methyl sites for hydroxylation is 1. The van der Waals surface area contributed by atoms with E-state index in [4.69, 9.17) is 4.74 Å². The van der Waals surface area contributed by atoms with Crippen LogP contribution in [0.3, 0.4) is 0 Å². The average molecular weight is 402 g/mol. The largest absolute Gasteiger partial charge is 0.382 e. The molecule has 0 amide bonds. The summed E-state index contributed by atoms with van der Waals surface area (Å²) in [5.41, 5.74) is 0.738. The molecule has 0 aliphatic carbocycles. The minimum atomic E-state index is -0.160. The minimum absolute atomic E-state index is 0.160. The van der Waals surface area contributed by atoms with Gasteiger partial charge in [-0.2, -0.15) is 0 Å². The Balaban J connectivity index is 2.29. The molecular weight excluding hydrogens is 373 g/mol. The topological polar surface area (TPSA) is 45.7 Å². The van der Waals surface area contributed by atoms with Gasteiger partial charge < -0.3 is 15.4 Å². The predicted molar refractivity (Wildman–Crippen MR) is 102 cm³/mol. The van der Waals surface area contributed by atoms with Gasteiger partial charge in [-0.25, -0.2) is 4.39 Å². The van der Waals surface area contributed by atoms with Crippen molar-refractivity contribution in [2.24, 2.45) is 4.99 Å². The molecule has 136 valence electrons. The molecule has 0 heterocycles. The Kier molecular flexibility index (Phi) is 11.5. The number of halogens is 2. The Morgan fingerprint density at radius 3 is 2.75 bits per heavy atom. The van der Waals surface area contributed by atoms with Crippen LogP contribution in [0.25, 0.3) is 0 Å². The highest BCUT2D eigenvalue weighted by molar-refractivity contribution is 9.10. The summed E-state index contributed by atoms with van der Waals surface area (Å²) < 4.78 is 19.8. The summed E-state index contributed by atoms with van der Waals surface area (Å²) in [6, 6.07) is 5.20. The first-order chi connectivity index (χ1) is 11.7. The van der Waals surface area contributed by atoms with E-state index in [1.165, 1.54) is 6.07 Å². The first-order valence-corrected chi connectivity index (χ1v) is 9.50. The number of nitrogens with one attached hydrogen (secondary N) is 2. The molecule has 2 N–H and O–H groups in total. The number of hydrogen-bond donors (Lipinski definition) is 2. The summed E-state index contributed by atoms with van der Waals surface area (Å²) in [4.78, 5) is 4.54. The van der Waals surface area contributed by atoms with Crippen molar-refractivity contribution < 1.29 is 9.13 Å². The standard InChI is InChI=1S/C18H29BrFN3O/c1-3-21-18(22-11-5-6-13-24-4-2)23-12-7-8-15-9-10-16(19)14-17(15)20/h9-10,14H,3-8,11-13H2,1-2H3,(H2,21,22,23). The van der Waals surface area contributed by atoms with Gasteiger partial charge in [-0.15, -0.1) is 0 Å². The molecule has 1 aromatic rings. The first kappa shape index (κ1) is 20.9. The monoisotopic (exact) mass is 401 g/mol. The van der Waals surface area contributed by atoms with Crippen LogP contribution in [0.1, 0.15) is 38.7 Å². The molecule has 0 unspecified atom stereocenters. The van der Waals surface area contributed by atoms with Crippen molar-refractivity contribution in [3.63, 3.8) is 0 Å². The molecule has 0 aliphatic heterocycles. The van der Waals surface area contributed by atoms with Crippen molar-refractivity contribution in [1.29, 1.82) is 0 Å². The third kappa shape index (κ3) is 9.23. The number of unbranched alkanes of at least 4 members (excludes halogenated alkanes) is 1. The fourth-order valence-electron chi connectivity index (χ4n) is 2.21. The van der Waals surface area contributed by atoms with Gasteiger partial charge in [0.15, 0.2) is 5.96 Å². The van der Waals surface area contributed by atoms with Crippen LogP contribution in [0, 0.1) is 5.82 Å². The van der Waals surface area contributed by atoms with E-state index in [1.54, 1.807) is 0 Å². The van der Waals surface area contributed by atoms with E-state index in [0.29, 0.717) is 13.0 Å². The van der Waals surface area contributed by atoms with E-state index < -0.39 is 0 Å². The van der Waals surface area contributed by atoms with E-state index in [1.807, 2.05) is 26.0 Å². The van der Waals surface area contributed by atoms with Crippen molar-refractivity contribution in [3.05, 3.63) is 34.1 Å². The maximum absolute atomic E-state index is 13.8. The third-order valence-corrected chi connectivity index (χ3v) is 3.94. The molecule has 6 heteroatoms. The highest BCUT2D eigenvalue weighted by Gasteiger charge is 2.02. The Bertz CT molecular complexity index is 497. The van der Waals surface area contributed by atoms with E-state index in [-0.39, 0.29) is 5.82 Å². The second-order valence-corrected chi connectivity index (χ2v) is 6.35.